The van der Waals surface area contributed by atoms with E-state index in [2.05, 4.69) is 54.5 Å². The molecule has 0 heterocycles. The molecule has 1 aromatic carbocycles. The van der Waals surface area contributed by atoms with Crippen molar-refractivity contribution in [3.8, 4) is 0 Å². The zero-order valence-corrected chi connectivity index (χ0v) is 13.6. The fraction of sp³-hybridized carbons (Fsp3) is 0.632. The number of aliphatic imine (C=N–C) groups is 1. The smallest absolute Gasteiger partial charge is 0.0273 e. The van der Waals surface area contributed by atoms with Crippen LogP contribution in [-0.4, -0.2) is 38.3 Å². The van der Waals surface area contributed by atoms with Gasteiger partial charge in [0.25, 0.3) is 0 Å². The second-order valence-electron chi connectivity index (χ2n) is 7.06. The summed E-state index contributed by atoms with van der Waals surface area (Å²) in [7, 11) is 6.33. The third kappa shape index (κ3) is 3.37. The average molecular weight is 284 g/mol. The maximum atomic E-state index is 4.28. The molecule has 3 rings (SSSR count). The topological polar surface area (TPSA) is 15.6 Å². The SMILES string of the molecule is CN=CC1CC[C@H](c2cccc(C3CC3)c2)C[C@@H]1N(C)C. The van der Waals surface area contributed by atoms with Gasteiger partial charge in [-0.2, -0.15) is 0 Å². The lowest BCUT2D eigenvalue weighted by Gasteiger charge is -2.38. The molecule has 2 nitrogen and oxygen atoms in total. The zero-order valence-electron chi connectivity index (χ0n) is 13.6. The van der Waals surface area contributed by atoms with Gasteiger partial charge in [0.1, 0.15) is 0 Å². The van der Waals surface area contributed by atoms with E-state index in [1.165, 1.54) is 32.1 Å². The Hall–Kier alpha value is -1.15. The summed E-state index contributed by atoms with van der Waals surface area (Å²) in [6, 6.07) is 10.0. The third-order valence-electron chi connectivity index (χ3n) is 5.30. The highest BCUT2D eigenvalue weighted by Crippen LogP contribution is 2.42. The van der Waals surface area contributed by atoms with Crippen LogP contribution in [0.3, 0.4) is 0 Å². The van der Waals surface area contributed by atoms with E-state index in [1.54, 1.807) is 11.1 Å². The molecule has 2 fully saturated rings. The van der Waals surface area contributed by atoms with Crippen LogP contribution in [0.2, 0.25) is 0 Å². The predicted molar refractivity (Wildman–Crippen MR) is 90.4 cm³/mol. The molecule has 0 radical (unpaired) electrons. The van der Waals surface area contributed by atoms with E-state index in [-0.39, 0.29) is 0 Å². The van der Waals surface area contributed by atoms with Crippen LogP contribution in [0.25, 0.3) is 0 Å². The van der Waals surface area contributed by atoms with Crippen molar-refractivity contribution in [3.63, 3.8) is 0 Å². The molecule has 0 aliphatic heterocycles. The molecule has 0 N–H and O–H groups in total. The van der Waals surface area contributed by atoms with Crippen LogP contribution < -0.4 is 0 Å². The molecular weight excluding hydrogens is 256 g/mol. The average Bonchev–Trinajstić information content (AvgIpc) is 3.32. The molecule has 0 saturated heterocycles. The first-order valence-electron chi connectivity index (χ1n) is 8.37. The summed E-state index contributed by atoms with van der Waals surface area (Å²) in [5.41, 5.74) is 3.14. The van der Waals surface area contributed by atoms with E-state index in [4.69, 9.17) is 0 Å². The van der Waals surface area contributed by atoms with Crippen molar-refractivity contribution in [3.05, 3.63) is 35.4 Å². The van der Waals surface area contributed by atoms with Gasteiger partial charge in [0, 0.05) is 25.2 Å². The first-order valence-corrected chi connectivity index (χ1v) is 8.37. The first-order chi connectivity index (χ1) is 10.2. The van der Waals surface area contributed by atoms with E-state index in [9.17, 15) is 0 Å². The minimum absolute atomic E-state index is 0.618. The maximum absolute atomic E-state index is 4.28. The van der Waals surface area contributed by atoms with E-state index in [1.807, 2.05) is 7.05 Å². The van der Waals surface area contributed by atoms with Gasteiger partial charge in [0.05, 0.1) is 0 Å². The standard InChI is InChI=1S/C19H28N2/c1-20-13-18-10-9-17(12-19(18)21(2)3)16-6-4-5-15(11-16)14-7-8-14/h4-6,11,13-14,17-19H,7-10,12H2,1-3H3/t17-,18?,19-/m0/s1. The summed E-state index contributed by atoms with van der Waals surface area (Å²) >= 11 is 0. The first kappa shape index (κ1) is 14.8. The predicted octanol–water partition coefficient (Wildman–Crippen LogP) is 4.08. The van der Waals surface area contributed by atoms with Crippen molar-refractivity contribution in [2.45, 2.75) is 50.0 Å². The Labute approximate surface area is 129 Å². The largest absolute Gasteiger partial charge is 0.306 e. The highest BCUT2D eigenvalue weighted by Gasteiger charge is 2.32. The van der Waals surface area contributed by atoms with Crippen LogP contribution >= 0.6 is 0 Å². The maximum Gasteiger partial charge on any atom is 0.0273 e. The normalized spacial score (nSPS) is 30.2. The number of hydrogen-bond acceptors (Lipinski definition) is 2. The van der Waals surface area contributed by atoms with E-state index in [0.29, 0.717) is 12.0 Å². The summed E-state index contributed by atoms with van der Waals surface area (Å²) in [6.45, 7) is 0. The van der Waals surface area contributed by atoms with E-state index >= 15 is 0 Å². The molecule has 21 heavy (non-hydrogen) atoms. The fourth-order valence-corrected chi connectivity index (χ4v) is 3.92. The molecule has 114 valence electrons. The van der Waals surface area contributed by atoms with Crippen molar-refractivity contribution >= 4 is 6.21 Å². The van der Waals surface area contributed by atoms with Gasteiger partial charge >= 0.3 is 0 Å². The number of benzene rings is 1. The highest BCUT2D eigenvalue weighted by atomic mass is 15.1. The molecule has 0 aromatic heterocycles. The Morgan fingerprint density at radius 3 is 2.33 bits per heavy atom. The molecule has 2 aliphatic carbocycles. The summed E-state index contributed by atoms with van der Waals surface area (Å²) in [5, 5.41) is 0. The lowest BCUT2D eigenvalue weighted by atomic mass is 9.75. The van der Waals surface area contributed by atoms with E-state index in [0.717, 1.165) is 11.8 Å². The summed E-state index contributed by atoms with van der Waals surface area (Å²) < 4.78 is 0. The van der Waals surface area contributed by atoms with Crippen molar-refractivity contribution < 1.29 is 0 Å². The van der Waals surface area contributed by atoms with Crippen molar-refractivity contribution in [2.24, 2.45) is 10.9 Å². The molecule has 0 spiro atoms. The minimum Gasteiger partial charge on any atom is -0.306 e. The van der Waals surface area contributed by atoms with Gasteiger partial charge in [-0.3, -0.25) is 0 Å². The summed E-state index contributed by atoms with van der Waals surface area (Å²) in [4.78, 5) is 6.68. The minimum atomic E-state index is 0.618. The number of nitrogens with zero attached hydrogens (tertiary/aromatic N) is 2. The Bertz CT molecular complexity index is 502. The van der Waals surface area contributed by atoms with Crippen LogP contribution in [0.1, 0.15) is 55.1 Å². The molecule has 2 aliphatic rings. The van der Waals surface area contributed by atoms with Crippen molar-refractivity contribution in [2.75, 3.05) is 21.1 Å². The molecule has 1 aromatic rings. The van der Waals surface area contributed by atoms with Crippen molar-refractivity contribution in [1.82, 2.24) is 4.90 Å². The van der Waals surface area contributed by atoms with Crippen molar-refractivity contribution in [1.29, 1.82) is 0 Å². The molecule has 2 saturated carbocycles. The molecule has 0 bridgehead atoms. The summed E-state index contributed by atoms with van der Waals surface area (Å²) in [6.07, 6.45) is 8.78. The monoisotopic (exact) mass is 284 g/mol. The summed E-state index contributed by atoms with van der Waals surface area (Å²) in [5.74, 6) is 2.20. The Kier molecular flexibility index (Phi) is 4.44. The van der Waals surface area contributed by atoms with Crippen LogP contribution in [-0.2, 0) is 0 Å². The van der Waals surface area contributed by atoms with Crippen LogP contribution in [0.15, 0.2) is 29.3 Å². The van der Waals surface area contributed by atoms with Gasteiger partial charge in [-0.15, -0.1) is 0 Å². The second kappa shape index (κ2) is 6.31. The zero-order chi connectivity index (χ0) is 14.8. The van der Waals surface area contributed by atoms with Gasteiger partial charge in [-0.25, -0.2) is 0 Å². The van der Waals surface area contributed by atoms with Gasteiger partial charge in [-0.1, -0.05) is 24.3 Å². The lowest BCUT2D eigenvalue weighted by molar-refractivity contribution is 0.182. The number of hydrogen-bond donors (Lipinski definition) is 0. The van der Waals surface area contributed by atoms with Gasteiger partial charge in [0.15, 0.2) is 0 Å². The van der Waals surface area contributed by atoms with Crippen LogP contribution in [0.5, 0.6) is 0 Å². The molecule has 1 unspecified atom stereocenters. The van der Waals surface area contributed by atoms with Crippen LogP contribution in [0.4, 0.5) is 0 Å². The molecule has 0 amide bonds. The Morgan fingerprint density at radius 2 is 1.71 bits per heavy atom. The molecule has 3 atom stereocenters. The number of rotatable bonds is 4. The lowest BCUT2D eigenvalue weighted by Crippen LogP contribution is -2.40. The van der Waals surface area contributed by atoms with Gasteiger partial charge in [0.2, 0.25) is 0 Å². The van der Waals surface area contributed by atoms with Gasteiger partial charge in [-0.05, 0) is 69.2 Å². The fourth-order valence-electron chi connectivity index (χ4n) is 3.92. The second-order valence-corrected chi connectivity index (χ2v) is 7.06. The highest BCUT2D eigenvalue weighted by molar-refractivity contribution is 5.62. The Morgan fingerprint density at radius 1 is 1.05 bits per heavy atom. The van der Waals surface area contributed by atoms with Gasteiger partial charge < -0.3 is 9.89 Å². The molecular formula is C19H28N2. The third-order valence-corrected chi connectivity index (χ3v) is 5.30. The van der Waals surface area contributed by atoms with Crippen LogP contribution in [0, 0.1) is 5.92 Å². The van der Waals surface area contributed by atoms with E-state index < -0.39 is 0 Å². The quantitative estimate of drug-likeness (QED) is 0.761. The molecule has 2 heteroatoms. The Balaban J connectivity index is 1.75.